The molecule has 3 atom stereocenters. The Morgan fingerprint density at radius 1 is 1.00 bits per heavy atom. The molecule has 3 aromatic carbocycles. The lowest BCUT2D eigenvalue weighted by Crippen LogP contribution is -2.37. The van der Waals surface area contributed by atoms with Gasteiger partial charge in [0.05, 0.1) is 17.3 Å². The van der Waals surface area contributed by atoms with Crippen LogP contribution in [0, 0.1) is 31.2 Å². The highest BCUT2D eigenvalue weighted by Crippen LogP contribution is 2.42. The minimum absolute atomic E-state index is 0.00990. The Morgan fingerprint density at radius 2 is 1.65 bits per heavy atom. The van der Waals surface area contributed by atoms with Crippen molar-refractivity contribution in [3.05, 3.63) is 128 Å². The summed E-state index contributed by atoms with van der Waals surface area (Å²) in [6.45, 7) is 24.0. The highest BCUT2D eigenvalue weighted by Gasteiger charge is 2.38. The SMILES string of the molecule is [C-]#[N+]c1c(C(=O)OC2C(C)CC(C)CC2C)c2nc(-c3cc(Cc4cc(Cl)ccc4Cl)c(C)c(NS(=O)Oc4cc(Cl)ccc4Cl)c3)[nH]n2c1OC(=O)N(CC=C)CC=C. The van der Waals surface area contributed by atoms with E-state index >= 15 is 0 Å². The van der Waals surface area contributed by atoms with E-state index in [-0.39, 0.29) is 64.3 Å². The number of anilines is 1. The summed E-state index contributed by atoms with van der Waals surface area (Å²) in [5, 5.41) is 4.63. The molecular weight excluding hydrogens is 870 g/mol. The van der Waals surface area contributed by atoms with Gasteiger partial charge in [-0.2, -0.15) is 4.21 Å². The van der Waals surface area contributed by atoms with Crippen molar-refractivity contribution in [2.75, 3.05) is 17.8 Å². The number of hydrogen-bond acceptors (Lipinski definition) is 7. The predicted molar refractivity (Wildman–Crippen MR) is 238 cm³/mol. The molecule has 6 rings (SSSR count). The molecule has 1 aliphatic carbocycles. The van der Waals surface area contributed by atoms with Gasteiger partial charge in [0, 0.05) is 39.8 Å². The van der Waals surface area contributed by atoms with Crippen LogP contribution in [-0.4, -0.2) is 55.0 Å². The van der Waals surface area contributed by atoms with Crippen LogP contribution < -0.4 is 13.6 Å². The second-order valence-corrected chi connectivity index (χ2v) is 17.4. The molecule has 2 heterocycles. The normalized spacial score (nSPS) is 18.0. The summed E-state index contributed by atoms with van der Waals surface area (Å²) in [5.74, 6) is -0.158. The van der Waals surface area contributed by atoms with Gasteiger partial charge in [-0.05, 0) is 103 Å². The first-order chi connectivity index (χ1) is 28.6. The minimum atomic E-state index is -2.18. The van der Waals surface area contributed by atoms with Crippen LogP contribution in [0.4, 0.5) is 16.2 Å². The van der Waals surface area contributed by atoms with E-state index in [1.54, 1.807) is 30.3 Å². The Kier molecular flexibility index (Phi) is 14.2. The van der Waals surface area contributed by atoms with Crippen LogP contribution in [0.15, 0.2) is 73.8 Å². The van der Waals surface area contributed by atoms with E-state index in [2.05, 4.69) is 34.7 Å². The fraction of sp³-hybridized carbons (Fsp3) is 0.302. The quantitative estimate of drug-likeness (QED) is 0.0644. The average Bonchev–Trinajstić information content (AvgIpc) is 3.74. The Morgan fingerprint density at radius 3 is 2.30 bits per heavy atom. The molecule has 1 aliphatic rings. The monoisotopic (exact) mass is 910 g/mol. The molecule has 0 aliphatic heterocycles. The third-order valence-electron chi connectivity index (χ3n) is 10.3. The predicted octanol–water partition coefficient (Wildman–Crippen LogP) is 11.9. The van der Waals surface area contributed by atoms with Crippen molar-refractivity contribution in [3.63, 3.8) is 0 Å². The van der Waals surface area contributed by atoms with Crippen LogP contribution in [0.25, 0.3) is 21.9 Å². The molecule has 0 saturated heterocycles. The summed E-state index contributed by atoms with van der Waals surface area (Å²) < 4.78 is 35.4. The van der Waals surface area contributed by atoms with Gasteiger partial charge in [-0.15, -0.1) is 13.2 Å². The summed E-state index contributed by atoms with van der Waals surface area (Å²) >= 11 is 23.2. The summed E-state index contributed by atoms with van der Waals surface area (Å²) in [4.78, 5) is 37.7. The number of H-pyrrole nitrogens is 1. The number of benzene rings is 3. The molecule has 0 bridgehead atoms. The van der Waals surface area contributed by atoms with Gasteiger partial charge < -0.3 is 18.6 Å². The van der Waals surface area contributed by atoms with Gasteiger partial charge in [-0.1, -0.05) is 79.3 Å². The largest absolute Gasteiger partial charge is 0.459 e. The summed E-state index contributed by atoms with van der Waals surface area (Å²) in [5.41, 5.74) is 2.52. The van der Waals surface area contributed by atoms with Crippen LogP contribution in [0.5, 0.6) is 11.6 Å². The summed E-state index contributed by atoms with van der Waals surface area (Å²) in [6.07, 6.45) is 3.85. The zero-order valence-electron chi connectivity index (χ0n) is 33.2. The number of nitrogens with one attached hydrogen (secondary N) is 2. The van der Waals surface area contributed by atoms with Gasteiger partial charge in [-0.25, -0.2) is 23.9 Å². The molecule has 2 N–H and O–H groups in total. The molecule has 12 nitrogen and oxygen atoms in total. The van der Waals surface area contributed by atoms with Crippen molar-refractivity contribution in [1.29, 1.82) is 0 Å². The van der Waals surface area contributed by atoms with Crippen molar-refractivity contribution in [1.82, 2.24) is 19.5 Å². The lowest BCUT2D eigenvalue weighted by molar-refractivity contribution is -0.0249. The maximum absolute atomic E-state index is 14.3. The zero-order valence-corrected chi connectivity index (χ0v) is 37.0. The number of rotatable bonds is 14. The lowest BCUT2D eigenvalue weighted by atomic mass is 9.75. The topological polar surface area (TPSA) is 132 Å². The van der Waals surface area contributed by atoms with E-state index in [0.717, 1.165) is 24.0 Å². The van der Waals surface area contributed by atoms with Gasteiger partial charge in [0.2, 0.25) is 5.88 Å². The molecule has 60 heavy (non-hydrogen) atoms. The number of halogens is 4. The van der Waals surface area contributed by atoms with Crippen LogP contribution in [0.1, 0.15) is 60.7 Å². The number of fused-ring (bicyclic) bond motifs is 1. The van der Waals surface area contributed by atoms with Crippen molar-refractivity contribution >= 4 is 86.8 Å². The number of nitrogens with zero attached hydrogens (tertiary/aromatic N) is 4. The minimum Gasteiger partial charge on any atom is -0.459 e. The number of carbonyl (C=O) groups excluding carboxylic acids is 2. The van der Waals surface area contributed by atoms with Crippen molar-refractivity contribution in [2.45, 2.75) is 53.1 Å². The van der Waals surface area contributed by atoms with Gasteiger partial charge in [0.25, 0.3) is 5.69 Å². The fourth-order valence-corrected chi connectivity index (χ4v) is 9.08. The van der Waals surface area contributed by atoms with Gasteiger partial charge in [-0.3, -0.25) is 9.82 Å². The third kappa shape index (κ3) is 9.80. The Balaban J connectivity index is 1.49. The van der Waals surface area contributed by atoms with E-state index < -0.39 is 29.4 Å². The van der Waals surface area contributed by atoms with E-state index in [9.17, 15) is 13.8 Å². The number of aromatic nitrogens is 3. The molecule has 5 aromatic rings. The smallest absolute Gasteiger partial charge is 0.416 e. The molecular formula is C43H42Cl4N6O6S. The van der Waals surface area contributed by atoms with Gasteiger partial charge >= 0.3 is 23.3 Å². The van der Waals surface area contributed by atoms with E-state index in [4.69, 9.17) is 71.6 Å². The van der Waals surface area contributed by atoms with Crippen LogP contribution >= 0.6 is 46.4 Å². The lowest BCUT2D eigenvalue weighted by Gasteiger charge is -2.37. The Bertz CT molecular complexity index is 2530. The highest BCUT2D eigenvalue weighted by atomic mass is 35.5. The van der Waals surface area contributed by atoms with Crippen molar-refractivity contribution in [3.8, 4) is 23.0 Å². The number of ether oxygens (including phenoxy) is 2. The summed E-state index contributed by atoms with van der Waals surface area (Å²) in [7, 11) is 0. The molecule has 1 saturated carbocycles. The van der Waals surface area contributed by atoms with Gasteiger partial charge in [0.15, 0.2) is 17.2 Å². The maximum atomic E-state index is 14.3. The van der Waals surface area contributed by atoms with E-state index in [1.165, 1.54) is 33.7 Å². The average molecular weight is 913 g/mol. The number of aromatic amines is 1. The van der Waals surface area contributed by atoms with E-state index in [1.807, 2.05) is 26.8 Å². The molecule has 1 amide bonds. The standard InChI is InChI=1S/C43H42Cl4N6O6S/c1-8-14-52(15-9-2)43(55)58-41-37(48-7)36(42(54)57-38-24(4)16-23(3)17-25(38)5)40-49-39(50-53(40)41)29-19-27(18-28-20-30(44)10-12-32(28)46)26(6)34(21-29)51-60(56)59-35-22-31(45)11-13-33(35)47/h8-13,19-25,38,51H,1-2,14-18H2,3-6H3,(H,49,50). The second kappa shape index (κ2) is 19.2. The molecule has 2 aromatic heterocycles. The van der Waals surface area contributed by atoms with E-state index in [0.29, 0.717) is 44.2 Å². The Hall–Kier alpha value is -4.97. The van der Waals surface area contributed by atoms with Gasteiger partial charge in [0.1, 0.15) is 11.7 Å². The van der Waals surface area contributed by atoms with Crippen LogP contribution in [0.2, 0.25) is 20.1 Å². The number of amides is 1. The molecule has 0 spiro atoms. The Labute approximate surface area is 371 Å². The molecule has 314 valence electrons. The fourth-order valence-electron chi connectivity index (χ4n) is 7.60. The molecule has 0 radical (unpaired) electrons. The maximum Gasteiger partial charge on any atom is 0.416 e. The third-order valence-corrected chi connectivity index (χ3v) is 12.2. The van der Waals surface area contributed by atoms with Crippen molar-refractivity contribution in [2.24, 2.45) is 17.8 Å². The van der Waals surface area contributed by atoms with Crippen LogP contribution in [-0.2, 0) is 22.4 Å². The van der Waals surface area contributed by atoms with Crippen molar-refractivity contribution < 1.29 is 27.5 Å². The first kappa shape index (κ1) is 44.6. The van der Waals surface area contributed by atoms with Crippen LogP contribution in [0.3, 0.4) is 0 Å². The first-order valence-corrected chi connectivity index (χ1v) is 21.5. The number of esters is 1. The second-order valence-electron chi connectivity index (χ2n) is 14.8. The summed E-state index contributed by atoms with van der Waals surface area (Å²) in [6, 6.07) is 13.2. The first-order valence-electron chi connectivity index (χ1n) is 18.9. The molecule has 1 fully saturated rings. The number of carbonyl (C=O) groups is 2. The zero-order chi connectivity index (χ0) is 43.4. The highest BCUT2D eigenvalue weighted by molar-refractivity contribution is 7.82. The number of hydrogen-bond donors (Lipinski definition) is 2. The molecule has 17 heteroatoms. The molecule has 3 unspecified atom stereocenters.